The summed E-state index contributed by atoms with van der Waals surface area (Å²) in [4.78, 5) is 10.7. The van der Waals surface area contributed by atoms with E-state index in [0.717, 1.165) is 12.1 Å². The molecule has 0 saturated heterocycles. The summed E-state index contributed by atoms with van der Waals surface area (Å²) >= 11 is 5.75. The van der Waals surface area contributed by atoms with Gasteiger partial charge in [0.15, 0.2) is 0 Å². The van der Waals surface area contributed by atoms with Crippen molar-refractivity contribution >= 4 is 39.1 Å². The summed E-state index contributed by atoms with van der Waals surface area (Å²) < 4.78 is 34.1. The highest BCUT2D eigenvalue weighted by molar-refractivity contribution is 7.86. The second-order valence-electron chi connectivity index (χ2n) is 4.32. The van der Waals surface area contributed by atoms with Crippen molar-refractivity contribution in [2.75, 3.05) is 0 Å². The highest BCUT2D eigenvalue weighted by Gasteiger charge is 2.13. The summed E-state index contributed by atoms with van der Waals surface area (Å²) in [6.45, 7) is 0. The molecule has 0 fully saturated rings. The van der Waals surface area contributed by atoms with Crippen molar-refractivity contribution in [3.05, 3.63) is 47.0 Å². The smallest absolute Gasteiger partial charge is 0.332 e. The van der Waals surface area contributed by atoms with Gasteiger partial charge in [0.25, 0.3) is 5.91 Å². The number of nitrogens with two attached hydrogens (primary N) is 1. The third-order valence-corrected chi connectivity index (χ3v) is 3.84. The molecule has 23 heavy (non-hydrogen) atoms. The minimum atomic E-state index is -4.78. The fourth-order valence-electron chi connectivity index (χ4n) is 1.62. The Morgan fingerprint density at radius 3 is 2.22 bits per heavy atom. The van der Waals surface area contributed by atoms with Crippen molar-refractivity contribution in [3.63, 3.8) is 0 Å². The summed E-state index contributed by atoms with van der Waals surface area (Å²) in [6.07, 6.45) is 0. The number of hydrogen-bond acceptors (Lipinski definition) is 6. The van der Waals surface area contributed by atoms with Crippen LogP contribution in [-0.2, 0) is 10.2 Å². The molecule has 2 aromatic rings. The van der Waals surface area contributed by atoms with Crippen molar-refractivity contribution in [1.82, 2.24) is 0 Å². The minimum absolute atomic E-state index is 0.130. The molecule has 120 valence electrons. The van der Waals surface area contributed by atoms with Gasteiger partial charge in [-0.1, -0.05) is 11.6 Å². The molecular weight excluding hydrogens is 349 g/mol. The molecule has 0 spiro atoms. The third-order valence-electron chi connectivity index (χ3n) is 2.71. The Bertz CT molecular complexity index is 898. The summed E-state index contributed by atoms with van der Waals surface area (Å²) in [5.41, 5.74) is 5.26. The van der Waals surface area contributed by atoms with Crippen LogP contribution in [-0.4, -0.2) is 19.4 Å². The maximum Gasteiger partial charge on any atom is 0.332 e. The molecule has 7 nitrogen and oxygen atoms in total. The predicted octanol–water partition coefficient (Wildman–Crippen LogP) is 3.22. The SMILES string of the molecule is NC(=O)c1cc(N=Nc2ccc(S(=O)(=O)F)cc2)cc(Cl)c1O. The molecule has 0 unspecified atom stereocenters. The van der Waals surface area contributed by atoms with E-state index in [1.165, 1.54) is 24.3 Å². The lowest BCUT2D eigenvalue weighted by Gasteiger charge is -2.03. The van der Waals surface area contributed by atoms with E-state index in [0.29, 0.717) is 0 Å². The third kappa shape index (κ3) is 4.02. The maximum atomic E-state index is 12.7. The number of amides is 1. The number of carbonyl (C=O) groups is 1. The molecule has 0 aromatic heterocycles. The molecule has 0 radical (unpaired) electrons. The molecule has 0 aliphatic rings. The van der Waals surface area contributed by atoms with Gasteiger partial charge in [-0.25, -0.2) is 0 Å². The average Bonchev–Trinajstić information content (AvgIpc) is 2.47. The number of benzene rings is 2. The second kappa shape index (κ2) is 6.31. The van der Waals surface area contributed by atoms with Gasteiger partial charge in [-0.2, -0.15) is 18.6 Å². The Labute approximate surface area is 135 Å². The Morgan fingerprint density at radius 2 is 1.70 bits per heavy atom. The zero-order valence-corrected chi connectivity index (χ0v) is 12.8. The van der Waals surface area contributed by atoms with Crippen molar-refractivity contribution in [2.45, 2.75) is 4.90 Å². The highest BCUT2D eigenvalue weighted by Crippen LogP contribution is 2.33. The van der Waals surface area contributed by atoms with E-state index in [1.54, 1.807) is 0 Å². The van der Waals surface area contributed by atoms with Crippen LogP contribution in [0.3, 0.4) is 0 Å². The summed E-state index contributed by atoms with van der Waals surface area (Å²) in [7, 11) is -4.78. The average molecular weight is 358 g/mol. The Morgan fingerprint density at radius 1 is 1.13 bits per heavy atom. The number of halogens is 2. The first-order chi connectivity index (χ1) is 10.7. The summed E-state index contributed by atoms with van der Waals surface area (Å²) in [5, 5.41) is 17.0. The zero-order chi connectivity index (χ0) is 17.2. The fourth-order valence-corrected chi connectivity index (χ4v) is 2.30. The summed E-state index contributed by atoms with van der Waals surface area (Å²) in [6, 6.07) is 6.99. The number of azo groups is 1. The van der Waals surface area contributed by atoms with Gasteiger partial charge in [-0.3, -0.25) is 4.79 Å². The molecular formula is C13H9ClFN3O4S. The second-order valence-corrected chi connectivity index (χ2v) is 6.07. The van der Waals surface area contributed by atoms with Crippen LogP contribution in [0.2, 0.25) is 5.02 Å². The Kier molecular flexibility index (Phi) is 4.62. The van der Waals surface area contributed by atoms with Crippen molar-refractivity contribution in [2.24, 2.45) is 16.0 Å². The largest absolute Gasteiger partial charge is 0.506 e. The lowest BCUT2D eigenvalue weighted by molar-refractivity contribution is 0.0997. The molecule has 0 aliphatic carbocycles. The quantitative estimate of drug-likeness (QED) is 0.644. The molecule has 10 heteroatoms. The maximum absolute atomic E-state index is 12.7. The zero-order valence-electron chi connectivity index (χ0n) is 11.3. The van der Waals surface area contributed by atoms with E-state index in [4.69, 9.17) is 17.3 Å². The van der Waals surface area contributed by atoms with Crippen molar-refractivity contribution in [1.29, 1.82) is 0 Å². The highest BCUT2D eigenvalue weighted by atomic mass is 35.5. The number of hydrogen-bond donors (Lipinski definition) is 2. The first-order valence-corrected chi connectivity index (χ1v) is 7.73. The molecule has 1 amide bonds. The van der Waals surface area contributed by atoms with E-state index in [2.05, 4.69) is 10.2 Å². The van der Waals surface area contributed by atoms with Crippen LogP contribution in [0.15, 0.2) is 51.5 Å². The van der Waals surface area contributed by atoms with Gasteiger partial charge < -0.3 is 10.8 Å². The molecule has 0 aliphatic heterocycles. The first kappa shape index (κ1) is 16.8. The lowest BCUT2D eigenvalue weighted by Crippen LogP contribution is -2.11. The monoisotopic (exact) mass is 357 g/mol. The molecule has 0 bridgehead atoms. The number of nitrogens with zero attached hydrogens (tertiary/aromatic N) is 2. The van der Waals surface area contributed by atoms with E-state index < -0.39 is 26.8 Å². The van der Waals surface area contributed by atoms with Crippen LogP contribution in [0.4, 0.5) is 15.3 Å². The van der Waals surface area contributed by atoms with Gasteiger partial charge in [0.2, 0.25) is 0 Å². The van der Waals surface area contributed by atoms with E-state index in [9.17, 15) is 22.2 Å². The number of phenols is 1. The first-order valence-electron chi connectivity index (χ1n) is 5.97. The number of carbonyl (C=O) groups excluding carboxylic acids is 1. The standard InChI is InChI=1S/C13H9ClFN3O4S/c14-11-6-8(5-10(12(11)19)13(16)20)18-17-7-1-3-9(4-2-7)23(15,21)22/h1-6,19H,(H2,16,20). The summed E-state index contributed by atoms with van der Waals surface area (Å²) in [5.74, 6) is -1.35. The van der Waals surface area contributed by atoms with Gasteiger partial charge in [0.1, 0.15) is 5.75 Å². The lowest BCUT2D eigenvalue weighted by atomic mass is 10.1. The molecule has 0 atom stereocenters. The fraction of sp³-hybridized carbons (Fsp3) is 0. The number of primary amides is 1. The van der Waals surface area contributed by atoms with Crippen LogP contribution in [0.5, 0.6) is 5.75 Å². The molecule has 2 rings (SSSR count). The van der Waals surface area contributed by atoms with Crippen LogP contribution in [0, 0.1) is 0 Å². The van der Waals surface area contributed by atoms with Gasteiger partial charge >= 0.3 is 10.2 Å². The topological polar surface area (TPSA) is 122 Å². The molecule has 0 heterocycles. The van der Waals surface area contributed by atoms with Crippen LogP contribution >= 0.6 is 11.6 Å². The van der Waals surface area contributed by atoms with Gasteiger partial charge in [0, 0.05) is 0 Å². The van der Waals surface area contributed by atoms with Gasteiger partial charge in [0.05, 0.1) is 26.9 Å². The van der Waals surface area contributed by atoms with Crippen molar-refractivity contribution in [3.8, 4) is 5.75 Å². The van der Waals surface area contributed by atoms with Crippen molar-refractivity contribution < 1.29 is 22.2 Å². The normalized spacial score (nSPS) is 11.7. The van der Waals surface area contributed by atoms with E-state index >= 15 is 0 Å². The number of rotatable bonds is 4. The van der Waals surface area contributed by atoms with E-state index in [1.807, 2.05) is 0 Å². The van der Waals surface area contributed by atoms with Gasteiger partial charge in [-0.15, -0.1) is 3.89 Å². The van der Waals surface area contributed by atoms with Crippen LogP contribution in [0.1, 0.15) is 10.4 Å². The molecule has 0 saturated carbocycles. The number of aromatic hydroxyl groups is 1. The molecule has 2 aromatic carbocycles. The Hall–Kier alpha value is -2.52. The van der Waals surface area contributed by atoms with Crippen LogP contribution < -0.4 is 5.73 Å². The predicted molar refractivity (Wildman–Crippen MR) is 80.5 cm³/mol. The van der Waals surface area contributed by atoms with Crippen LogP contribution in [0.25, 0.3) is 0 Å². The molecule has 3 N–H and O–H groups in total. The van der Waals surface area contributed by atoms with Gasteiger partial charge in [-0.05, 0) is 36.4 Å². The van der Waals surface area contributed by atoms with E-state index in [-0.39, 0.29) is 22.0 Å². The Balaban J connectivity index is 2.32. The minimum Gasteiger partial charge on any atom is -0.506 e.